The fourth-order valence-electron chi connectivity index (χ4n) is 4.26. The number of likely N-dealkylation sites (N-methyl/N-ethyl adjacent to an activating group) is 1. The molecule has 16 heteroatoms. The van der Waals surface area contributed by atoms with Crippen LogP contribution in [0.15, 0.2) is 22.8 Å². The Labute approximate surface area is 213 Å². The number of piperidine rings is 1. The van der Waals surface area contributed by atoms with Gasteiger partial charge in [0.25, 0.3) is 5.91 Å². The van der Waals surface area contributed by atoms with E-state index in [-0.39, 0.29) is 11.5 Å². The number of alkyl halides is 6. The fraction of sp³-hybridized carbons (Fsp3) is 0.682. The summed E-state index contributed by atoms with van der Waals surface area (Å²) in [5, 5.41) is 14.2. The number of amides is 1. The maximum absolute atomic E-state index is 12.4. The number of ether oxygens (including phenoxy) is 1. The number of carboxylic acid groups (broad SMARTS) is 2. The second kappa shape index (κ2) is 12.8. The Morgan fingerprint density at radius 1 is 0.921 bits per heavy atom. The number of piperazine rings is 1. The van der Waals surface area contributed by atoms with Crippen LogP contribution in [0.2, 0.25) is 0 Å². The van der Waals surface area contributed by atoms with Crippen LogP contribution in [-0.4, -0.2) is 120 Å². The minimum absolute atomic E-state index is 0.00321. The number of hydrogen-bond acceptors (Lipinski definition) is 7. The highest BCUT2D eigenvalue weighted by atomic mass is 19.4. The molecule has 4 rings (SSSR count). The molecule has 0 radical (unpaired) electrons. The van der Waals surface area contributed by atoms with Crippen molar-refractivity contribution in [2.45, 2.75) is 43.3 Å². The number of rotatable bonds is 2. The number of furan rings is 1. The van der Waals surface area contributed by atoms with Crippen LogP contribution >= 0.6 is 0 Å². The van der Waals surface area contributed by atoms with Crippen molar-refractivity contribution in [2.75, 3.05) is 52.9 Å². The molecule has 3 saturated heterocycles. The molecule has 1 amide bonds. The van der Waals surface area contributed by atoms with Crippen LogP contribution in [0.4, 0.5) is 26.3 Å². The summed E-state index contributed by atoms with van der Waals surface area (Å²) in [7, 11) is 2.19. The van der Waals surface area contributed by atoms with Gasteiger partial charge >= 0.3 is 24.3 Å². The molecule has 1 unspecified atom stereocenters. The first-order valence-electron chi connectivity index (χ1n) is 11.5. The number of hydrogen-bond donors (Lipinski definition) is 2. The third-order valence-corrected chi connectivity index (χ3v) is 6.42. The highest BCUT2D eigenvalue weighted by Gasteiger charge is 2.45. The van der Waals surface area contributed by atoms with Crippen LogP contribution in [-0.2, 0) is 14.3 Å². The Kier molecular flexibility index (Phi) is 10.6. The summed E-state index contributed by atoms with van der Waals surface area (Å²) < 4.78 is 75.0. The predicted molar refractivity (Wildman–Crippen MR) is 117 cm³/mol. The van der Waals surface area contributed by atoms with Crippen molar-refractivity contribution in [3.63, 3.8) is 0 Å². The molecule has 38 heavy (non-hydrogen) atoms. The van der Waals surface area contributed by atoms with Crippen LogP contribution in [0.5, 0.6) is 0 Å². The third kappa shape index (κ3) is 9.16. The van der Waals surface area contributed by atoms with Gasteiger partial charge in [0, 0.05) is 45.3 Å². The molecule has 0 aromatic carbocycles. The first kappa shape index (κ1) is 31.4. The Morgan fingerprint density at radius 3 is 1.84 bits per heavy atom. The lowest BCUT2D eigenvalue weighted by Gasteiger charge is -2.39. The number of nitrogens with zero attached hydrogens (tertiary/aromatic N) is 3. The molecular formula is C22H29F6N3O7. The lowest BCUT2D eigenvalue weighted by Crippen LogP contribution is -2.50. The Morgan fingerprint density at radius 2 is 1.42 bits per heavy atom. The molecule has 3 aliphatic rings. The SMILES string of the molecule is CN1CCN(C2COC3(CCN(C(=O)c4ccco4)CC3)C2)CC1.O=C(O)C(F)(F)F.O=C(O)C(F)(F)F. The molecule has 2 N–H and O–H groups in total. The minimum atomic E-state index is -5.08. The van der Waals surface area contributed by atoms with Gasteiger partial charge < -0.3 is 29.2 Å². The third-order valence-electron chi connectivity index (χ3n) is 6.42. The van der Waals surface area contributed by atoms with Gasteiger partial charge in [-0.25, -0.2) is 9.59 Å². The Hall–Kier alpha value is -2.85. The van der Waals surface area contributed by atoms with Gasteiger partial charge in [-0.2, -0.15) is 26.3 Å². The lowest BCUT2D eigenvalue weighted by molar-refractivity contribution is -0.193. The molecule has 0 aliphatic carbocycles. The average Bonchev–Trinajstić information content (AvgIpc) is 3.50. The highest BCUT2D eigenvalue weighted by molar-refractivity contribution is 5.91. The summed E-state index contributed by atoms with van der Waals surface area (Å²) in [5.41, 5.74) is -0.0199. The van der Waals surface area contributed by atoms with Crippen molar-refractivity contribution in [3.05, 3.63) is 24.2 Å². The molecule has 10 nitrogen and oxygen atoms in total. The molecule has 0 saturated carbocycles. The number of aliphatic carboxylic acids is 2. The summed E-state index contributed by atoms with van der Waals surface area (Å²) in [6.07, 6.45) is -5.63. The van der Waals surface area contributed by atoms with Crippen LogP contribution in [0.3, 0.4) is 0 Å². The summed E-state index contributed by atoms with van der Waals surface area (Å²) in [5.74, 6) is -5.07. The zero-order chi connectivity index (χ0) is 28.7. The first-order chi connectivity index (χ1) is 17.5. The second-order valence-corrected chi connectivity index (χ2v) is 9.07. The fourth-order valence-corrected chi connectivity index (χ4v) is 4.26. The van der Waals surface area contributed by atoms with Crippen molar-refractivity contribution < 1.29 is 60.1 Å². The van der Waals surface area contributed by atoms with Gasteiger partial charge in [-0.15, -0.1) is 0 Å². The molecular weight excluding hydrogens is 532 g/mol. The van der Waals surface area contributed by atoms with E-state index >= 15 is 0 Å². The zero-order valence-corrected chi connectivity index (χ0v) is 20.4. The summed E-state index contributed by atoms with van der Waals surface area (Å²) in [4.78, 5) is 37.1. The van der Waals surface area contributed by atoms with E-state index in [1.165, 1.54) is 0 Å². The van der Waals surface area contributed by atoms with E-state index in [0.717, 1.165) is 65.1 Å². The van der Waals surface area contributed by atoms with Gasteiger partial charge in [-0.3, -0.25) is 9.69 Å². The van der Waals surface area contributed by atoms with Crippen LogP contribution in [0.1, 0.15) is 29.8 Å². The molecule has 216 valence electrons. The van der Waals surface area contributed by atoms with E-state index in [9.17, 15) is 31.1 Å². The molecule has 0 bridgehead atoms. The maximum Gasteiger partial charge on any atom is 0.490 e. The molecule has 3 fully saturated rings. The highest BCUT2D eigenvalue weighted by Crippen LogP contribution is 2.38. The number of halogens is 6. The van der Waals surface area contributed by atoms with Crippen molar-refractivity contribution in [1.29, 1.82) is 0 Å². The number of likely N-dealkylation sites (tertiary alicyclic amines) is 1. The zero-order valence-electron chi connectivity index (χ0n) is 20.4. The molecule has 1 aromatic rings. The van der Waals surface area contributed by atoms with E-state index in [1.807, 2.05) is 4.90 Å². The summed E-state index contributed by atoms with van der Waals surface area (Å²) in [6.45, 7) is 6.94. The van der Waals surface area contributed by atoms with Gasteiger partial charge in [0.2, 0.25) is 0 Å². The second-order valence-electron chi connectivity index (χ2n) is 9.07. The monoisotopic (exact) mass is 561 g/mol. The van der Waals surface area contributed by atoms with Gasteiger partial charge in [-0.05, 0) is 38.4 Å². The van der Waals surface area contributed by atoms with E-state index in [0.29, 0.717) is 11.8 Å². The van der Waals surface area contributed by atoms with E-state index < -0.39 is 24.3 Å². The predicted octanol–water partition coefficient (Wildman–Crippen LogP) is 2.56. The quantitative estimate of drug-likeness (QED) is 0.525. The Bertz CT molecular complexity index is 899. The van der Waals surface area contributed by atoms with E-state index in [2.05, 4.69) is 16.8 Å². The largest absolute Gasteiger partial charge is 0.490 e. The lowest BCUT2D eigenvalue weighted by atomic mass is 9.87. The van der Waals surface area contributed by atoms with Gasteiger partial charge in [0.1, 0.15) is 0 Å². The van der Waals surface area contributed by atoms with E-state index in [1.54, 1.807) is 18.4 Å². The van der Waals surface area contributed by atoms with Crippen molar-refractivity contribution >= 4 is 17.8 Å². The molecule has 1 atom stereocenters. The summed E-state index contributed by atoms with van der Waals surface area (Å²) in [6, 6.07) is 4.05. The van der Waals surface area contributed by atoms with Crippen molar-refractivity contribution in [1.82, 2.24) is 14.7 Å². The normalized spacial score (nSPS) is 22.2. The van der Waals surface area contributed by atoms with E-state index in [4.69, 9.17) is 29.0 Å². The number of carbonyl (C=O) groups excluding carboxylic acids is 1. The molecule has 1 spiro atoms. The average molecular weight is 561 g/mol. The minimum Gasteiger partial charge on any atom is -0.475 e. The smallest absolute Gasteiger partial charge is 0.475 e. The van der Waals surface area contributed by atoms with Crippen LogP contribution in [0.25, 0.3) is 0 Å². The maximum atomic E-state index is 12.4. The van der Waals surface area contributed by atoms with Crippen molar-refractivity contribution in [3.8, 4) is 0 Å². The topological polar surface area (TPSA) is 124 Å². The standard InChI is InChI=1S/C18H27N3O3.2C2HF3O2/c1-19-8-10-20(11-9-19)15-13-18(24-14-15)4-6-21(7-5-18)17(22)16-3-2-12-23-16;2*3-2(4,5)1(6)7/h2-3,12,15H,4-11,13-14H2,1H3;2*(H,6,7). The number of carbonyl (C=O) groups is 3. The number of carboxylic acids is 2. The summed E-state index contributed by atoms with van der Waals surface area (Å²) >= 11 is 0. The van der Waals surface area contributed by atoms with Crippen LogP contribution < -0.4 is 0 Å². The molecule has 4 heterocycles. The molecule has 1 aromatic heterocycles. The van der Waals surface area contributed by atoms with Crippen molar-refractivity contribution in [2.24, 2.45) is 0 Å². The first-order valence-corrected chi connectivity index (χ1v) is 11.5. The van der Waals surface area contributed by atoms with Gasteiger partial charge in [0.05, 0.1) is 18.5 Å². The van der Waals surface area contributed by atoms with Gasteiger partial charge in [-0.1, -0.05) is 0 Å². The van der Waals surface area contributed by atoms with Crippen LogP contribution in [0, 0.1) is 0 Å². The molecule has 3 aliphatic heterocycles. The Balaban J connectivity index is 0.000000301. The van der Waals surface area contributed by atoms with Gasteiger partial charge in [0.15, 0.2) is 5.76 Å².